The number of oxime groups is 1. The molecule has 0 fully saturated rings. The average Bonchev–Trinajstić information content (AvgIpc) is 2.33. The van der Waals surface area contributed by atoms with Crippen molar-refractivity contribution in [1.82, 2.24) is 8.61 Å². The van der Waals surface area contributed by atoms with Crippen LogP contribution in [0.1, 0.15) is 6.92 Å². The normalized spacial score (nSPS) is 10.8. The lowest BCUT2D eigenvalue weighted by Crippen LogP contribution is -2.28. The SMILES string of the molecule is COC(=O)N(C)SN(C)C(=O)ON=C(C)SC. The molecule has 2 amide bonds. The second kappa shape index (κ2) is 8.07. The number of hydrogen-bond donors (Lipinski definition) is 0. The van der Waals surface area contributed by atoms with E-state index in [1.807, 2.05) is 6.26 Å². The predicted octanol–water partition coefficient (Wildman–Crippen LogP) is 2.01. The van der Waals surface area contributed by atoms with Crippen LogP contribution in [0.2, 0.25) is 0 Å². The molecule has 0 aromatic rings. The Bertz CT molecular complexity index is 311. The summed E-state index contributed by atoms with van der Waals surface area (Å²) >= 11 is 2.20. The topological polar surface area (TPSA) is 71.4 Å². The first kappa shape index (κ1) is 15.9. The van der Waals surface area contributed by atoms with Gasteiger partial charge in [-0.3, -0.25) is 4.84 Å². The molecule has 0 radical (unpaired) electrons. The van der Waals surface area contributed by atoms with Gasteiger partial charge in [0.1, 0.15) is 5.04 Å². The third kappa shape index (κ3) is 6.27. The molecule has 0 aliphatic heterocycles. The minimum atomic E-state index is -0.681. The van der Waals surface area contributed by atoms with Gasteiger partial charge in [0.2, 0.25) is 0 Å². The highest BCUT2D eigenvalue weighted by molar-refractivity contribution is 8.13. The van der Waals surface area contributed by atoms with Crippen molar-refractivity contribution in [2.75, 3.05) is 27.5 Å². The Kier molecular flexibility index (Phi) is 7.55. The average molecular weight is 281 g/mol. The number of rotatable bonds is 3. The van der Waals surface area contributed by atoms with Crippen molar-refractivity contribution in [3.63, 3.8) is 0 Å². The third-order valence-electron chi connectivity index (χ3n) is 1.48. The molecular formula is C8H15N3O4S2. The van der Waals surface area contributed by atoms with E-state index in [1.165, 1.54) is 33.0 Å². The van der Waals surface area contributed by atoms with Crippen molar-refractivity contribution < 1.29 is 19.2 Å². The molecule has 0 aromatic heterocycles. The van der Waals surface area contributed by atoms with Gasteiger partial charge in [-0.15, -0.1) is 11.8 Å². The van der Waals surface area contributed by atoms with Gasteiger partial charge in [-0.2, -0.15) is 0 Å². The van der Waals surface area contributed by atoms with Crippen molar-refractivity contribution in [3.8, 4) is 0 Å². The van der Waals surface area contributed by atoms with Crippen LogP contribution in [0.25, 0.3) is 0 Å². The van der Waals surface area contributed by atoms with Crippen LogP contribution in [-0.4, -0.2) is 53.3 Å². The lowest BCUT2D eigenvalue weighted by molar-refractivity contribution is 0.135. The maximum absolute atomic E-state index is 11.4. The molecule has 0 bridgehead atoms. The quantitative estimate of drug-likeness (QED) is 0.259. The number of methoxy groups -OCH3 is 1. The molecular weight excluding hydrogens is 266 g/mol. The molecule has 0 saturated heterocycles. The minimum Gasteiger partial charge on any atom is -0.452 e. The van der Waals surface area contributed by atoms with Gasteiger partial charge in [-0.25, -0.2) is 18.2 Å². The Morgan fingerprint density at radius 3 is 2.18 bits per heavy atom. The molecule has 0 atom stereocenters. The molecule has 0 saturated carbocycles. The smallest absolute Gasteiger partial charge is 0.447 e. The standard InChI is InChI=1S/C8H15N3O4S2/c1-6(16-5)9-15-8(13)11(3)17-10(2)7(12)14-4/h1-5H3. The van der Waals surface area contributed by atoms with E-state index in [0.29, 0.717) is 5.04 Å². The van der Waals surface area contributed by atoms with E-state index in [-0.39, 0.29) is 0 Å². The van der Waals surface area contributed by atoms with E-state index in [4.69, 9.17) is 0 Å². The third-order valence-corrected chi connectivity index (χ3v) is 2.93. The van der Waals surface area contributed by atoms with E-state index >= 15 is 0 Å². The Hall–Kier alpha value is -1.09. The minimum absolute atomic E-state index is 0.571. The highest BCUT2D eigenvalue weighted by atomic mass is 32.2. The Morgan fingerprint density at radius 2 is 1.71 bits per heavy atom. The van der Waals surface area contributed by atoms with E-state index in [9.17, 15) is 9.59 Å². The number of carbonyl (C=O) groups is 2. The number of thioether (sulfide) groups is 1. The van der Waals surface area contributed by atoms with Crippen LogP contribution in [0.3, 0.4) is 0 Å². The van der Waals surface area contributed by atoms with Crippen molar-refractivity contribution in [1.29, 1.82) is 0 Å². The summed E-state index contributed by atoms with van der Waals surface area (Å²) in [6, 6.07) is 0. The van der Waals surface area contributed by atoms with E-state index in [0.717, 1.165) is 20.7 Å². The Labute approximate surface area is 109 Å². The largest absolute Gasteiger partial charge is 0.452 e. The van der Waals surface area contributed by atoms with Gasteiger partial charge in [-0.1, -0.05) is 5.16 Å². The highest BCUT2D eigenvalue weighted by Crippen LogP contribution is 2.14. The van der Waals surface area contributed by atoms with Crippen LogP contribution >= 0.6 is 23.9 Å². The molecule has 17 heavy (non-hydrogen) atoms. The van der Waals surface area contributed by atoms with Gasteiger partial charge in [0.25, 0.3) is 0 Å². The number of hydrogen-bond acceptors (Lipinski definition) is 7. The fourth-order valence-corrected chi connectivity index (χ4v) is 1.30. The second-order valence-electron chi connectivity index (χ2n) is 2.72. The van der Waals surface area contributed by atoms with Gasteiger partial charge in [0.05, 0.1) is 19.2 Å². The number of ether oxygens (including phenoxy) is 1. The van der Waals surface area contributed by atoms with Crippen LogP contribution in [0.15, 0.2) is 5.16 Å². The van der Waals surface area contributed by atoms with Gasteiger partial charge in [0.15, 0.2) is 0 Å². The number of carbonyl (C=O) groups excluding carboxylic acids is 2. The molecule has 0 aliphatic carbocycles. The fourth-order valence-electron chi connectivity index (χ4n) is 0.577. The molecule has 0 heterocycles. The summed E-state index contributed by atoms with van der Waals surface area (Å²) in [6.07, 6.45) is 0.563. The predicted molar refractivity (Wildman–Crippen MR) is 68.6 cm³/mol. The van der Waals surface area contributed by atoms with Gasteiger partial charge < -0.3 is 4.74 Å². The van der Waals surface area contributed by atoms with Crippen molar-refractivity contribution in [2.24, 2.45) is 5.16 Å². The number of nitrogens with zero attached hydrogens (tertiary/aromatic N) is 3. The van der Waals surface area contributed by atoms with Crippen LogP contribution < -0.4 is 0 Å². The summed E-state index contributed by atoms with van der Waals surface area (Å²) in [5.41, 5.74) is 0. The van der Waals surface area contributed by atoms with E-state index < -0.39 is 12.2 Å². The molecule has 0 spiro atoms. The summed E-state index contributed by atoms with van der Waals surface area (Å²) < 4.78 is 6.73. The first-order valence-corrected chi connectivity index (χ1v) is 6.41. The van der Waals surface area contributed by atoms with E-state index in [1.54, 1.807) is 6.92 Å². The second-order valence-corrected chi connectivity index (χ2v) is 4.98. The summed E-state index contributed by atoms with van der Waals surface area (Å²) in [5.74, 6) is 0. The zero-order valence-electron chi connectivity index (χ0n) is 10.3. The monoisotopic (exact) mass is 281 g/mol. The van der Waals surface area contributed by atoms with Gasteiger partial charge >= 0.3 is 12.2 Å². The zero-order valence-corrected chi connectivity index (χ0v) is 11.9. The summed E-state index contributed by atoms with van der Waals surface area (Å²) in [6.45, 7) is 1.71. The molecule has 0 aromatic carbocycles. The maximum atomic E-state index is 11.4. The Balaban J connectivity index is 4.19. The summed E-state index contributed by atoms with van der Waals surface area (Å²) in [7, 11) is 4.18. The summed E-state index contributed by atoms with van der Waals surface area (Å²) in [5, 5.41) is 4.20. The van der Waals surface area contributed by atoms with Crippen molar-refractivity contribution in [3.05, 3.63) is 0 Å². The van der Waals surface area contributed by atoms with Crippen LogP contribution in [0.5, 0.6) is 0 Å². The first-order valence-electron chi connectivity index (χ1n) is 4.45. The number of amides is 2. The van der Waals surface area contributed by atoms with Crippen molar-refractivity contribution >= 4 is 41.1 Å². The van der Waals surface area contributed by atoms with Crippen LogP contribution in [0, 0.1) is 0 Å². The molecule has 0 aliphatic rings. The molecule has 7 nitrogen and oxygen atoms in total. The zero-order chi connectivity index (χ0) is 13.4. The lowest BCUT2D eigenvalue weighted by atomic mass is 10.9. The van der Waals surface area contributed by atoms with Gasteiger partial charge in [-0.05, 0) is 13.2 Å². The van der Waals surface area contributed by atoms with E-state index in [2.05, 4.69) is 14.7 Å². The molecule has 0 unspecified atom stereocenters. The highest BCUT2D eigenvalue weighted by Gasteiger charge is 2.18. The molecule has 98 valence electrons. The lowest BCUT2D eigenvalue weighted by Gasteiger charge is -2.19. The fraction of sp³-hybridized carbons (Fsp3) is 0.625. The maximum Gasteiger partial charge on any atom is 0.447 e. The summed E-state index contributed by atoms with van der Waals surface area (Å²) in [4.78, 5) is 27.1. The van der Waals surface area contributed by atoms with Crippen LogP contribution in [-0.2, 0) is 9.57 Å². The van der Waals surface area contributed by atoms with Crippen molar-refractivity contribution in [2.45, 2.75) is 6.92 Å². The van der Waals surface area contributed by atoms with Crippen LogP contribution in [0.4, 0.5) is 9.59 Å². The van der Waals surface area contributed by atoms with Gasteiger partial charge in [0, 0.05) is 14.1 Å². The first-order chi connectivity index (χ1) is 7.92. The molecule has 9 heteroatoms. The Morgan fingerprint density at radius 1 is 1.18 bits per heavy atom. The molecule has 0 N–H and O–H groups in total. The molecule has 0 rings (SSSR count).